The largest absolute Gasteiger partial charge is 0.381 e. The topological polar surface area (TPSA) is 41.1 Å². The van der Waals surface area contributed by atoms with E-state index in [2.05, 4.69) is 23.6 Å². The molecule has 19 heavy (non-hydrogen) atoms. The number of rotatable bonds is 4. The molecule has 0 spiro atoms. The molecule has 2 atom stereocenters. The Bertz CT molecular complexity index is 473. The summed E-state index contributed by atoms with van der Waals surface area (Å²) >= 11 is 2.02. The number of benzene rings is 1. The van der Waals surface area contributed by atoms with Crippen molar-refractivity contribution in [1.29, 1.82) is 0 Å². The summed E-state index contributed by atoms with van der Waals surface area (Å²) in [7, 11) is 0. The quantitative estimate of drug-likeness (QED) is 0.886. The van der Waals surface area contributed by atoms with Crippen LogP contribution in [0, 0.1) is 5.92 Å². The molecule has 0 radical (unpaired) electrons. The van der Waals surface area contributed by atoms with E-state index in [1.807, 2.05) is 30.0 Å². The molecule has 1 saturated heterocycles. The van der Waals surface area contributed by atoms with Crippen LogP contribution in [-0.2, 0) is 4.79 Å². The summed E-state index contributed by atoms with van der Waals surface area (Å²) in [5, 5.41) is 7.23. The zero-order valence-electron chi connectivity index (χ0n) is 11.2. The minimum absolute atomic E-state index is 0.168. The average molecular weight is 276 g/mol. The van der Waals surface area contributed by atoms with E-state index in [1.54, 1.807) is 0 Å². The van der Waals surface area contributed by atoms with E-state index >= 15 is 0 Å². The van der Waals surface area contributed by atoms with Crippen LogP contribution < -0.4 is 10.6 Å². The number of thioether (sulfide) groups is 1. The number of carbonyl (C=O) groups is 1. The highest BCUT2D eigenvalue weighted by Crippen LogP contribution is 2.31. The van der Waals surface area contributed by atoms with Crippen molar-refractivity contribution < 1.29 is 4.79 Å². The first-order valence-corrected chi connectivity index (χ1v) is 8.06. The molecule has 1 aliphatic carbocycles. The maximum Gasteiger partial charge on any atom is 0.227 e. The summed E-state index contributed by atoms with van der Waals surface area (Å²) in [6, 6.07) is 8.60. The Morgan fingerprint density at radius 3 is 2.74 bits per heavy atom. The molecule has 4 heteroatoms. The van der Waals surface area contributed by atoms with Crippen molar-refractivity contribution in [3.05, 3.63) is 24.3 Å². The summed E-state index contributed by atoms with van der Waals surface area (Å²) in [5.74, 6) is 1.65. The summed E-state index contributed by atoms with van der Waals surface area (Å²) in [5.41, 5.74) is 2.01. The van der Waals surface area contributed by atoms with Gasteiger partial charge in [0, 0.05) is 28.6 Å². The van der Waals surface area contributed by atoms with Gasteiger partial charge < -0.3 is 10.6 Å². The van der Waals surface area contributed by atoms with Crippen LogP contribution >= 0.6 is 11.8 Å². The second kappa shape index (κ2) is 5.45. The van der Waals surface area contributed by atoms with Crippen LogP contribution in [0.15, 0.2) is 24.3 Å². The lowest BCUT2D eigenvalue weighted by molar-refractivity contribution is -0.117. The predicted octanol–water partition coefficient (Wildman–Crippen LogP) is 3.34. The monoisotopic (exact) mass is 276 g/mol. The fraction of sp³-hybridized carbons (Fsp3) is 0.533. The third-order valence-electron chi connectivity index (χ3n) is 3.81. The summed E-state index contributed by atoms with van der Waals surface area (Å²) < 4.78 is 0. The van der Waals surface area contributed by atoms with Crippen LogP contribution in [0.4, 0.5) is 11.4 Å². The summed E-state index contributed by atoms with van der Waals surface area (Å²) in [6.07, 6.45) is 3.30. The normalized spacial score (nSPS) is 26.2. The predicted molar refractivity (Wildman–Crippen MR) is 81.7 cm³/mol. The van der Waals surface area contributed by atoms with E-state index in [1.165, 1.54) is 12.2 Å². The molecule has 1 saturated carbocycles. The van der Waals surface area contributed by atoms with Crippen LogP contribution in [0.2, 0.25) is 0 Å². The average Bonchev–Trinajstić information content (AvgIpc) is 3.16. The van der Waals surface area contributed by atoms with Gasteiger partial charge in [-0.05, 0) is 43.2 Å². The molecule has 3 nitrogen and oxygen atoms in total. The van der Waals surface area contributed by atoms with Gasteiger partial charge in [0.2, 0.25) is 5.91 Å². The van der Waals surface area contributed by atoms with E-state index in [0.717, 1.165) is 24.2 Å². The fourth-order valence-electron chi connectivity index (χ4n) is 2.41. The zero-order chi connectivity index (χ0) is 13.2. The lowest BCUT2D eigenvalue weighted by Crippen LogP contribution is -2.24. The number of anilines is 2. The van der Waals surface area contributed by atoms with Crippen molar-refractivity contribution in [2.24, 2.45) is 5.92 Å². The number of carbonyl (C=O) groups excluding carboxylic acids is 1. The summed E-state index contributed by atoms with van der Waals surface area (Å²) in [4.78, 5) is 11.7. The Labute approximate surface area is 118 Å². The molecule has 0 aromatic heterocycles. The molecule has 1 aromatic rings. The Morgan fingerprint density at radius 1 is 1.26 bits per heavy atom. The first-order valence-electron chi connectivity index (χ1n) is 7.01. The molecule has 2 fully saturated rings. The van der Waals surface area contributed by atoms with E-state index in [0.29, 0.717) is 11.3 Å². The molecule has 1 heterocycles. The first kappa shape index (κ1) is 12.9. The Hall–Kier alpha value is -1.16. The van der Waals surface area contributed by atoms with Gasteiger partial charge in [-0.2, -0.15) is 11.8 Å². The van der Waals surface area contributed by atoms with Crippen molar-refractivity contribution in [2.75, 3.05) is 16.4 Å². The van der Waals surface area contributed by atoms with E-state index in [-0.39, 0.29) is 11.8 Å². The Morgan fingerprint density at radius 2 is 2.05 bits per heavy atom. The van der Waals surface area contributed by atoms with Crippen molar-refractivity contribution >= 4 is 29.0 Å². The molecule has 2 aliphatic rings. The maximum absolute atomic E-state index is 11.7. The highest BCUT2D eigenvalue weighted by Gasteiger charge is 2.29. The van der Waals surface area contributed by atoms with Gasteiger partial charge in [0.15, 0.2) is 0 Å². The second-order valence-electron chi connectivity index (χ2n) is 5.46. The number of amides is 1. The second-order valence-corrected chi connectivity index (χ2v) is 6.94. The van der Waals surface area contributed by atoms with Gasteiger partial charge in [-0.25, -0.2) is 0 Å². The minimum Gasteiger partial charge on any atom is -0.381 e. The third-order valence-corrected chi connectivity index (χ3v) is 5.13. The molecule has 2 N–H and O–H groups in total. The maximum atomic E-state index is 11.7. The standard InChI is InChI=1S/C15H20N2OS/c1-10-14(7-8-19-10)16-12-3-2-4-13(9-12)17-15(18)11-5-6-11/h2-4,9-11,14,16H,5-8H2,1H3,(H,17,18). The van der Waals surface area contributed by atoms with E-state index in [9.17, 15) is 4.79 Å². The Kier molecular flexibility index (Phi) is 3.69. The smallest absolute Gasteiger partial charge is 0.227 e. The van der Waals surface area contributed by atoms with Crippen LogP contribution in [0.25, 0.3) is 0 Å². The molecule has 102 valence electrons. The van der Waals surface area contributed by atoms with Crippen LogP contribution in [0.5, 0.6) is 0 Å². The fourth-order valence-corrected chi connectivity index (χ4v) is 3.61. The molecule has 1 amide bonds. The first-order chi connectivity index (χ1) is 9.22. The van der Waals surface area contributed by atoms with Gasteiger partial charge in [-0.3, -0.25) is 4.79 Å². The van der Waals surface area contributed by atoms with E-state index < -0.39 is 0 Å². The van der Waals surface area contributed by atoms with Gasteiger partial charge in [-0.15, -0.1) is 0 Å². The summed E-state index contributed by atoms with van der Waals surface area (Å²) in [6.45, 7) is 2.27. The lowest BCUT2D eigenvalue weighted by Gasteiger charge is -2.18. The minimum atomic E-state index is 0.168. The van der Waals surface area contributed by atoms with Gasteiger partial charge in [0.1, 0.15) is 0 Å². The van der Waals surface area contributed by atoms with Crippen molar-refractivity contribution in [1.82, 2.24) is 0 Å². The van der Waals surface area contributed by atoms with Crippen molar-refractivity contribution in [2.45, 2.75) is 37.5 Å². The number of nitrogens with one attached hydrogen (secondary N) is 2. The molecule has 2 unspecified atom stereocenters. The Balaban J connectivity index is 1.63. The van der Waals surface area contributed by atoms with Crippen LogP contribution in [0.3, 0.4) is 0 Å². The molecular weight excluding hydrogens is 256 g/mol. The molecular formula is C15H20N2OS. The molecule has 1 aromatic carbocycles. The molecule has 0 bridgehead atoms. The van der Waals surface area contributed by atoms with Crippen LogP contribution in [0.1, 0.15) is 26.2 Å². The van der Waals surface area contributed by atoms with Gasteiger partial charge in [0.25, 0.3) is 0 Å². The van der Waals surface area contributed by atoms with Crippen molar-refractivity contribution in [3.63, 3.8) is 0 Å². The highest BCUT2D eigenvalue weighted by molar-refractivity contribution is 8.00. The number of hydrogen-bond donors (Lipinski definition) is 2. The van der Waals surface area contributed by atoms with Crippen LogP contribution in [-0.4, -0.2) is 23.0 Å². The molecule has 1 aliphatic heterocycles. The number of hydrogen-bond acceptors (Lipinski definition) is 3. The SMILES string of the molecule is CC1SCCC1Nc1cccc(NC(=O)C2CC2)c1. The highest BCUT2D eigenvalue weighted by atomic mass is 32.2. The van der Waals surface area contributed by atoms with E-state index in [4.69, 9.17) is 0 Å². The third kappa shape index (κ3) is 3.24. The van der Waals surface area contributed by atoms with Gasteiger partial charge >= 0.3 is 0 Å². The zero-order valence-corrected chi connectivity index (χ0v) is 12.0. The lowest BCUT2D eigenvalue weighted by atomic mass is 10.1. The molecule has 3 rings (SSSR count). The van der Waals surface area contributed by atoms with Gasteiger partial charge in [0.05, 0.1) is 0 Å². The van der Waals surface area contributed by atoms with Gasteiger partial charge in [-0.1, -0.05) is 13.0 Å². The van der Waals surface area contributed by atoms with Crippen molar-refractivity contribution in [3.8, 4) is 0 Å².